The van der Waals surface area contributed by atoms with Gasteiger partial charge in [0.2, 0.25) is 0 Å². The summed E-state index contributed by atoms with van der Waals surface area (Å²) in [6.45, 7) is 0. The molecule has 0 bridgehead atoms. The Labute approximate surface area is 72.9 Å². The van der Waals surface area contributed by atoms with E-state index in [0.717, 1.165) is 0 Å². The lowest BCUT2D eigenvalue weighted by Gasteiger charge is -1.96. The van der Waals surface area contributed by atoms with Crippen molar-refractivity contribution in [1.82, 2.24) is 9.38 Å². The van der Waals surface area contributed by atoms with E-state index < -0.39 is 5.97 Å². The van der Waals surface area contributed by atoms with Gasteiger partial charge < -0.3 is 10.2 Å². The third-order valence-electron chi connectivity index (χ3n) is 1.71. The topological polar surface area (TPSA) is 74.8 Å². The maximum absolute atomic E-state index is 10.6. The summed E-state index contributed by atoms with van der Waals surface area (Å²) in [7, 11) is 0. The van der Waals surface area contributed by atoms with Crippen molar-refractivity contribution < 1.29 is 15.0 Å². The van der Waals surface area contributed by atoms with Gasteiger partial charge in [-0.2, -0.15) is 0 Å². The van der Waals surface area contributed by atoms with E-state index >= 15 is 0 Å². The van der Waals surface area contributed by atoms with Crippen LogP contribution in [-0.2, 0) is 0 Å². The van der Waals surface area contributed by atoms with E-state index in [2.05, 4.69) is 4.98 Å². The highest BCUT2D eigenvalue weighted by molar-refractivity contribution is 5.86. The number of aromatic nitrogens is 2. The van der Waals surface area contributed by atoms with Crippen LogP contribution in [0.1, 0.15) is 10.5 Å². The molecule has 0 spiro atoms. The second-order valence-corrected chi connectivity index (χ2v) is 2.56. The van der Waals surface area contributed by atoms with E-state index in [1.807, 2.05) is 0 Å². The van der Waals surface area contributed by atoms with E-state index in [9.17, 15) is 4.79 Å². The van der Waals surface area contributed by atoms with E-state index in [1.54, 1.807) is 6.07 Å². The van der Waals surface area contributed by atoms with Crippen molar-refractivity contribution >= 4 is 11.6 Å². The van der Waals surface area contributed by atoms with Gasteiger partial charge in [-0.1, -0.05) is 0 Å². The Bertz CT molecular complexity index is 475. The minimum absolute atomic E-state index is 0.00741. The first-order chi connectivity index (χ1) is 6.18. The van der Waals surface area contributed by atoms with Crippen LogP contribution in [0.3, 0.4) is 0 Å². The summed E-state index contributed by atoms with van der Waals surface area (Å²) in [4.78, 5) is 14.5. The number of fused-ring (bicyclic) bond motifs is 1. The standard InChI is InChI=1S/C8H6N2O3/c11-5-1-2-7-9-3-6(8(12)13)10(7)4-5/h1-4,11H,(H,12,13). The van der Waals surface area contributed by atoms with Crippen molar-refractivity contribution in [3.8, 4) is 5.75 Å². The lowest BCUT2D eigenvalue weighted by atomic mass is 10.4. The molecule has 0 saturated carbocycles. The van der Waals surface area contributed by atoms with Crippen LogP contribution in [0, 0.1) is 0 Å². The SMILES string of the molecule is O=C(O)c1cnc2ccc(O)cn12. The van der Waals surface area contributed by atoms with Crippen molar-refractivity contribution in [2.24, 2.45) is 0 Å². The number of imidazole rings is 1. The summed E-state index contributed by atoms with van der Waals surface area (Å²) in [5, 5.41) is 17.8. The van der Waals surface area contributed by atoms with Crippen molar-refractivity contribution in [3.63, 3.8) is 0 Å². The van der Waals surface area contributed by atoms with Gasteiger partial charge in [0.05, 0.1) is 12.4 Å². The van der Waals surface area contributed by atoms with Gasteiger partial charge in [0, 0.05) is 0 Å². The van der Waals surface area contributed by atoms with E-state index in [1.165, 1.54) is 22.9 Å². The van der Waals surface area contributed by atoms with Gasteiger partial charge in [-0.15, -0.1) is 0 Å². The Morgan fingerprint density at radius 1 is 1.46 bits per heavy atom. The Morgan fingerprint density at radius 2 is 2.23 bits per heavy atom. The molecule has 2 rings (SSSR count). The molecule has 0 aliphatic heterocycles. The number of pyridine rings is 1. The third-order valence-corrected chi connectivity index (χ3v) is 1.71. The van der Waals surface area contributed by atoms with Crippen LogP contribution >= 0.6 is 0 Å². The molecule has 0 amide bonds. The lowest BCUT2D eigenvalue weighted by Crippen LogP contribution is -2.00. The van der Waals surface area contributed by atoms with Gasteiger partial charge >= 0.3 is 5.97 Å². The van der Waals surface area contributed by atoms with Gasteiger partial charge in [-0.25, -0.2) is 9.78 Å². The quantitative estimate of drug-likeness (QED) is 0.675. The van der Waals surface area contributed by atoms with Gasteiger partial charge in [0.15, 0.2) is 5.69 Å². The number of hydrogen-bond donors (Lipinski definition) is 2. The van der Waals surface area contributed by atoms with E-state index in [4.69, 9.17) is 10.2 Å². The number of aromatic hydroxyl groups is 1. The number of hydrogen-bond acceptors (Lipinski definition) is 3. The summed E-state index contributed by atoms with van der Waals surface area (Å²) in [6.07, 6.45) is 2.56. The highest BCUT2D eigenvalue weighted by Crippen LogP contribution is 2.12. The van der Waals surface area contributed by atoms with Crippen molar-refractivity contribution in [1.29, 1.82) is 0 Å². The number of carbonyl (C=O) groups is 1. The molecule has 66 valence electrons. The fourth-order valence-electron chi connectivity index (χ4n) is 1.13. The number of nitrogens with zero attached hydrogens (tertiary/aromatic N) is 2. The molecule has 0 aliphatic rings. The maximum atomic E-state index is 10.6. The van der Waals surface area contributed by atoms with Crippen LogP contribution in [0.25, 0.3) is 5.65 Å². The highest BCUT2D eigenvalue weighted by Gasteiger charge is 2.09. The summed E-state index contributed by atoms with van der Waals surface area (Å²) in [5.74, 6) is -1.06. The van der Waals surface area contributed by atoms with Gasteiger partial charge in [0.1, 0.15) is 11.4 Å². The number of carboxylic acids is 1. The fourth-order valence-corrected chi connectivity index (χ4v) is 1.13. The first-order valence-electron chi connectivity index (χ1n) is 3.58. The average Bonchev–Trinajstić information content (AvgIpc) is 2.46. The summed E-state index contributed by atoms with van der Waals surface area (Å²) in [5.41, 5.74) is 0.529. The molecule has 5 nitrogen and oxygen atoms in total. The molecular formula is C8H6N2O3. The fraction of sp³-hybridized carbons (Fsp3) is 0. The van der Waals surface area contributed by atoms with Gasteiger partial charge in [-0.3, -0.25) is 4.40 Å². The molecule has 0 fully saturated rings. The molecule has 0 unspecified atom stereocenters. The minimum Gasteiger partial charge on any atom is -0.506 e. The van der Waals surface area contributed by atoms with Crippen LogP contribution in [0.15, 0.2) is 24.5 Å². The minimum atomic E-state index is -1.07. The molecule has 2 N–H and O–H groups in total. The van der Waals surface area contributed by atoms with Gasteiger partial charge in [0.25, 0.3) is 0 Å². The van der Waals surface area contributed by atoms with E-state index in [-0.39, 0.29) is 11.4 Å². The smallest absolute Gasteiger partial charge is 0.354 e. The van der Waals surface area contributed by atoms with Crippen LogP contribution in [0.5, 0.6) is 5.75 Å². The highest BCUT2D eigenvalue weighted by atomic mass is 16.4. The zero-order valence-electron chi connectivity index (χ0n) is 6.51. The average molecular weight is 178 g/mol. The molecule has 2 aromatic heterocycles. The first-order valence-corrected chi connectivity index (χ1v) is 3.58. The maximum Gasteiger partial charge on any atom is 0.354 e. The van der Waals surface area contributed by atoms with Crippen molar-refractivity contribution in [2.45, 2.75) is 0 Å². The molecule has 0 aromatic carbocycles. The van der Waals surface area contributed by atoms with Gasteiger partial charge in [-0.05, 0) is 12.1 Å². The molecule has 0 saturated heterocycles. The summed E-state index contributed by atoms with van der Waals surface area (Å²) < 4.78 is 1.32. The molecule has 13 heavy (non-hydrogen) atoms. The Kier molecular flexibility index (Phi) is 1.45. The second kappa shape index (κ2) is 2.48. The largest absolute Gasteiger partial charge is 0.506 e. The van der Waals surface area contributed by atoms with Crippen molar-refractivity contribution in [3.05, 3.63) is 30.2 Å². The monoisotopic (exact) mass is 178 g/mol. The van der Waals surface area contributed by atoms with Crippen LogP contribution in [0.2, 0.25) is 0 Å². The lowest BCUT2D eigenvalue weighted by molar-refractivity contribution is 0.0689. The molecule has 0 aliphatic carbocycles. The molecule has 0 atom stereocenters. The number of aromatic carboxylic acids is 1. The zero-order chi connectivity index (χ0) is 9.42. The predicted molar refractivity (Wildman–Crippen MR) is 43.8 cm³/mol. The molecule has 5 heteroatoms. The summed E-state index contributed by atoms with van der Waals surface area (Å²) >= 11 is 0. The molecule has 2 heterocycles. The third kappa shape index (κ3) is 1.10. The molecular weight excluding hydrogens is 172 g/mol. The summed E-state index contributed by atoms with van der Waals surface area (Å²) in [6, 6.07) is 3.00. The normalized spacial score (nSPS) is 10.5. The van der Waals surface area contributed by atoms with Crippen LogP contribution in [-0.4, -0.2) is 25.6 Å². The molecule has 0 radical (unpaired) electrons. The predicted octanol–water partition coefficient (Wildman–Crippen LogP) is 0.738. The van der Waals surface area contributed by atoms with Crippen LogP contribution in [0.4, 0.5) is 0 Å². The van der Waals surface area contributed by atoms with Crippen molar-refractivity contribution in [2.75, 3.05) is 0 Å². The zero-order valence-corrected chi connectivity index (χ0v) is 6.51. The Hall–Kier alpha value is -2.04. The number of rotatable bonds is 1. The number of carboxylic acid groups (broad SMARTS) is 1. The Balaban J connectivity index is 2.79. The Morgan fingerprint density at radius 3 is 2.92 bits per heavy atom. The van der Waals surface area contributed by atoms with Crippen LogP contribution < -0.4 is 0 Å². The second-order valence-electron chi connectivity index (χ2n) is 2.56. The first kappa shape index (κ1) is 7.60. The van der Waals surface area contributed by atoms with E-state index in [0.29, 0.717) is 5.65 Å². The molecule has 2 aromatic rings.